The molecule has 9 rings (SSSR count). The topological polar surface area (TPSA) is 33.4 Å². The number of anilines is 3. The molecule has 0 saturated heterocycles. The van der Waals surface area contributed by atoms with E-state index in [0.717, 1.165) is 56.0 Å². The molecule has 0 radical (unpaired) electrons. The van der Waals surface area contributed by atoms with Crippen molar-refractivity contribution in [2.45, 2.75) is 0 Å². The maximum absolute atomic E-state index is 5.29. The summed E-state index contributed by atoms with van der Waals surface area (Å²) < 4.78 is 2.29. The highest BCUT2D eigenvalue weighted by Crippen LogP contribution is 2.39. The molecule has 0 spiro atoms. The summed E-state index contributed by atoms with van der Waals surface area (Å²) in [6.07, 6.45) is 0. The third kappa shape index (κ3) is 3.78. The lowest BCUT2D eigenvalue weighted by molar-refractivity contribution is 1.19. The minimum Gasteiger partial charge on any atom is -0.294 e. The summed E-state index contributed by atoms with van der Waals surface area (Å²) >= 11 is 0. The van der Waals surface area contributed by atoms with Gasteiger partial charge in [0.05, 0.1) is 27.9 Å². The number of para-hydroxylation sites is 4. The molecule has 0 fully saturated rings. The standard InChI is InChI=1S/C40H26N4/c1-2-14-29(15-3-1)43(36-22-10-13-27-12-4-5-16-30(27)36)39-23-11-19-34(41-39)28-24-25-32-33(26-28)31-17-6-8-20-37(31)44-38-21-9-7-18-35(38)42-40(32)44/h1-26H. The van der Waals surface area contributed by atoms with Gasteiger partial charge in [0, 0.05) is 27.4 Å². The van der Waals surface area contributed by atoms with Crippen LogP contribution in [-0.4, -0.2) is 14.4 Å². The Morgan fingerprint density at radius 3 is 2.11 bits per heavy atom. The van der Waals surface area contributed by atoms with E-state index in [2.05, 4.69) is 155 Å². The molecule has 4 nitrogen and oxygen atoms in total. The zero-order valence-corrected chi connectivity index (χ0v) is 23.8. The molecule has 206 valence electrons. The van der Waals surface area contributed by atoms with E-state index >= 15 is 0 Å². The molecular formula is C40H26N4. The van der Waals surface area contributed by atoms with Crippen LogP contribution >= 0.6 is 0 Å². The Labute approximate surface area is 254 Å². The average molecular weight is 563 g/mol. The molecule has 0 aliphatic rings. The molecule has 0 unspecified atom stereocenters. The van der Waals surface area contributed by atoms with Crippen LogP contribution in [0.3, 0.4) is 0 Å². The van der Waals surface area contributed by atoms with Gasteiger partial charge < -0.3 is 0 Å². The van der Waals surface area contributed by atoms with E-state index in [9.17, 15) is 0 Å². The summed E-state index contributed by atoms with van der Waals surface area (Å²) in [5.74, 6) is 0.866. The van der Waals surface area contributed by atoms with Crippen molar-refractivity contribution < 1.29 is 0 Å². The first-order valence-electron chi connectivity index (χ1n) is 14.9. The van der Waals surface area contributed by atoms with Crippen molar-refractivity contribution in [2.75, 3.05) is 4.90 Å². The fraction of sp³-hybridized carbons (Fsp3) is 0. The van der Waals surface area contributed by atoms with Gasteiger partial charge in [-0.15, -0.1) is 0 Å². The average Bonchev–Trinajstić information content (AvgIpc) is 3.49. The monoisotopic (exact) mass is 562 g/mol. The van der Waals surface area contributed by atoms with Crippen molar-refractivity contribution in [1.29, 1.82) is 0 Å². The van der Waals surface area contributed by atoms with Crippen LogP contribution in [0.25, 0.3) is 60.4 Å². The van der Waals surface area contributed by atoms with Gasteiger partial charge in [-0.2, -0.15) is 0 Å². The molecule has 9 aromatic rings. The fourth-order valence-electron chi connectivity index (χ4n) is 6.55. The van der Waals surface area contributed by atoms with Gasteiger partial charge in [0.25, 0.3) is 0 Å². The second-order valence-corrected chi connectivity index (χ2v) is 11.1. The number of aromatic nitrogens is 3. The summed E-state index contributed by atoms with van der Waals surface area (Å²) in [5.41, 5.74) is 8.38. The summed E-state index contributed by atoms with van der Waals surface area (Å²) in [7, 11) is 0. The van der Waals surface area contributed by atoms with Crippen molar-refractivity contribution in [1.82, 2.24) is 14.4 Å². The molecule has 6 aromatic carbocycles. The van der Waals surface area contributed by atoms with Crippen LogP contribution in [0.1, 0.15) is 0 Å². The Morgan fingerprint density at radius 1 is 0.477 bits per heavy atom. The first-order valence-corrected chi connectivity index (χ1v) is 14.9. The quantitative estimate of drug-likeness (QED) is 0.200. The van der Waals surface area contributed by atoms with Gasteiger partial charge in [-0.05, 0) is 71.4 Å². The molecule has 4 heteroatoms. The molecule has 0 bridgehead atoms. The van der Waals surface area contributed by atoms with Crippen LogP contribution < -0.4 is 4.90 Å². The zero-order chi connectivity index (χ0) is 29.0. The molecular weight excluding hydrogens is 536 g/mol. The lowest BCUT2D eigenvalue weighted by Crippen LogP contribution is -2.12. The lowest BCUT2D eigenvalue weighted by atomic mass is 10.0. The summed E-state index contributed by atoms with van der Waals surface area (Å²) in [5, 5.41) is 5.86. The SMILES string of the molecule is c1ccc(N(c2cccc(-c3ccc4c(c3)c3ccccc3n3c5ccccc5nc43)n2)c2cccc3ccccc23)cc1. The Morgan fingerprint density at radius 2 is 1.20 bits per heavy atom. The largest absolute Gasteiger partial charge is 0.294 e. The van der Waals surface area contributed by atoms with E-state index in [1.165, 1.54) is 21.5 Å². The van der Waals surface area contributed by atoms with Crippen LogP contribution in [0, 0.1) is 0 Å². The molecule has 0 atom stereocenters. The number of hydrogen-bond donors (Lipinski definition) is 0. The second kappa shape index (κ2) is 9.79. The Bertz CT molecular complexity index is 2510. The predicted octanol–water partition coefficient (Wildman–Crippen LogP) is 10.5. The summed E-state index contributed by atoms with van der Waals surface area (Å²) in [6, 6.07) is 55.3. The first kappa shape index (κ1) is 24.6. The van der Waals surface area contributed by atoms with Gasteiger partial charge >= 0.3 is 0 Å². The zero-order valence-electron chi connectivity index (χ0n) is 23.8. The smallest absolute Gasteiger partial charge is 0.146 e. The van der Waals surface area contributed by atoms with Crippen molar-refractivity contribution in [3.05, 3.63) is 158 Å². The van der Waals surface area contributed by atoms with Gasteiger partial charge in [-0.1, -0.05) is 97.1 Å². The maximum atomic E-state index is 5.29. The van der Waals surface area contributed by atoms with Crippen molar-refractivity contribution in [3.8, 4) is 11.3 Å². The minimum absolute atomic E-state index is 0.866. The number of fused-ring (bicyclic) bond motifs is 9. The van der Waals surface area contributed by atoms with E-state index in [4.69, 9.17) is 9.97 Å². The van der Waals surface area contributed by atoms with Crippen LogP contribution in [-0.2, 0) is 0 Å². The third-order valence-electron chi connectivity index (χ3n) is 8.54. The molecule has 0 saturated carbocycles. The molecule has 0 aliphatic heterocycles. The summed E-state index contributed by atoms with van der Waals surface area (Å²) in [6.45, 7) is 0. The molecule has 44 heavy (non-hydrogen) atoms. The second-order valence-electron chi connectivity index (χ2n) is 11.1. The summed E-state index contributed by atoms with van der Waals surface area (Å²) in [4.78, 5) is 12.6. The number of hydrogen-bond acceptors (Lipinski definition) is 3. The maximum Gasteiger partial charge on any atom is 0.146 e. The Balaban J connectivity index is 1.26. The van der Waals surface area contributed by atoms with E-state index < -0.39 is 0 Å². The van der Waals surface area contributed by atoms with E-state index in [1.807, 2.05) is 12.1 Å². The highest BCUT2D eigenvalue weighted by Gasteiger charge is 2.18. The predicted molar refractivity (Wildman–Crippen MR) is 183 cm³/mol. The van der Waals surface area contributed by atoms with E-state index in [-0.39, 0.29) is 0 Å². The normalized spacial score (nSPS) is 11.6. The number of rotatable bonds is 4. The Kier molecular flexibility index (Phi) is 5.47. The number of benzene rings is 6. The van der Waals surface area contributed by atoms with Crippen LogP contribution in [0.15, 0.2) is 158 Å². The number of pyridine rings is 2. The van der Waals surface area contributed by atoms with Crippen LogP contribution in [0.4, 0.5) is 17.2 Å². The molecule has 0 aliphatic carbocycles. The van der Waals surface area contributed by atoms with E-state index in [0.29, 0.717) is 0 Å². The van der Waals surface area contributed by atoms with Crippen LogP contribution in [0.2, 0.25) is 0 Å². The van der Waals surface area contributed by atoms with Gasteiger partial charge in [-0.3, -0.25) is 9.30 Å². The van der Waals surface area contributed by atoms with Gasteiger partial charge in [-0.25, -0.2) is 9.97 Å². The lowest BCUT2D eigenvalue weighted by Gasteiger charge is -2.26. The molecule has 0 amide bonds. The third-order valence-corrected chi connectivity index (χ3v) is 8.54. The highest BCUT2D eigenvalue weighted by atomic mass is 15.2. The first-order chi connectivity index (χ1) is 21.8. The van der Waals surface area contributed by atoms with E-state index in [1.54, 1.807) is 0 Å². The Hall–Kier alpha value is -6.00. The number of imidazole rings is 1. The number of nitrogens with zero attached hydrogens (tertiary/aromatic N) is 4. The fourth-order valence-corrected chi connectivity index (χ4v) is 6.55. The molecule has 3 aromatic heterocycles. The molecule has 0 N–H and O–H groups in total. The van der Waals surface area contributed by atoms with Crippen molar-refractivity contribution in [3.63, 3.8) is 0 Å². The highest BCUT2D eigenvalue weighted by molar-refractivity contribution is 6.14. The van der Waals surface area contributed by atoms with Crippen LogP contribution in [0.5, 0.6) is 0 Å². The molecule has 3 heterocycles. The van der Waals surface area contributed by atoms with Gasteiger partial charge in [0.2, 0.25) is 0 Å². The van der Waals surface area contributed by atoms with Gasteiger partial charge in [0.15, 0.2) is 0 Å². The minimum atomic E-state index is 0.866. The van der Waals surface area contributed by atoms with Crippen molar-refractivity contribution in [2.24, 2.45) is 0 Å². The van der Waals surface area contributed by atoms with Gasteiger partial charge in [0.1, 0.15) is 11.5 Å². The van der Waals surface area contributed by atoms with Crippen molar-refractivity contribution >= 4 is 66.3 Å².